The number of hydrogen-bond acceptors (Lipinski definition) is 4. The van der Waals surface area contributed by atoms with Crippen LogP contribution in [0.15, 0.2) is 18.3 Å². The molecule has 7 heteroatoms. The van der Waals surface area contributed by atoms with Crippen LogP contribution in [0.5, 0.6) is 0 Å². The summed E-state index contributed by atoms with van der Waals surface area (Å²) >= 11 is 0. The molecule has 1 fully saturated rings. The fourth-order valence-electron chi connectivity index (χ4n) is 2.52. The predicted molar refractivity (Wildman–Crippen MR) is 87.4 cm³/mol. The van der Waals surface area contributed by atoms with Gasteiger partial charge in [0.25, 0.3) is 0 Å². The number of carboxylic acids is 1. The van der Waals surface area contributed by atoms with Crippen LogP contribution in [0.3, 0.4) is 0 Å². The molecular formula is C16H24N4O3. The number of nitrogens with one attached hydrogen (secondary N) is 2. The Morgan fingerprint density at radius 1 is 1.17 bits per heavy atom. The molecule has 2 rings (SSSR count). The largest absolute Gasteiger partial charge is 0.481 e. The standard InChI is InChI=1S/C16H24N4O3/c21-15(22)5-4-8-17-16(23)19-12-13-6-7-14(18-11-13)20-9-2-1-3-10-20/h6-7,11H,1-5,8-10,12H2,(H,21,22)(H2,17,19,23). The number of aromatic nitrogens is 1. The van der Waals surface area contributed by atoms with Crippen LogP contribution in [0.25, 0.3) is 0 Å². The lowest BCUT2D eigenvalue weighted by atomic mass is 10.1. The van der Waals surface area contributed by atoms with Gasteiger partial charge in [-0.15, -0.1) is 0 Å². The Morgan fingerprint density at radius 2 is 1.96 bits per heavy atom. The molecule has 2 amide bonds. The highest BCUT2D eigenvalue weighted by atomic mass is 16.4. The predicted octanol–water partition coefficient (Wildman–Crippen LogP) is 1.74. The normalized spacial score (nSPS) is 14.3. The quantitative estimate of drug-likeness (QED) is 0.665. The van der Waals surface area contributed by atoms with Gasteiger partial charge in [-0.2, -0.15) is 0 Å². The summed E-state index contributed by atoms with van der Waals surface area (Å²) in [6.45, 7) is 2.87. The number of urea groups is 1. The van der Waals surface area contributed by atoms with E-state index in [1.54, 1.807) is 6.20 Å². The van der Waals surface area contributed by atoms with Gasteiger partial charge in [-0.25, -0.2) is 9.78 Å². The van der Waals surface area contributed by atoms with E-state index in [9.17, 15) is 9.59 Å². The Hall–Kier alpha value is -2.31. The number of piperidine rings is 1. The van der Waals surface area contributed by atoms with Crippen molar-refractivity contribution in [2.75, 3.05) is 24.5 Å². The van der Waals surface area contributed by atoms with Gasteiger partial charge in [0, 0.05) is 38.8 Å². The van der Waals surface area contributed by atoms with Gasteiger partial charge in [0.1, 0.15) is 5.82 Å². The highest BCUT2D eigenvalue weighted by molar-refractivity contribution is 5.73. The molecule has 0 aromatic carbocycles. The Morgan fingerprint density at radius 3 is 2.61 bits per heavy atom. The van der Waals surface area contributed by atoms with Crippen molar-refractivity contribution in [2.24, 2.45) is 0 Å². The molecule has 0 atom stereocenters. The first-order valence-electron chi connectivity index (χ1n) is 8.08. The minimum Gasteiger partial charge on any atom is -0.481 e. The van der Waals surface area contributed by atoms with Crippen molar-refractivity contribution in [2.45, 2.75) is 38.6 Å². The minimum atomic E-state index is -0.855. The van der Waals surface area contributed by atoms with E-state index in [0.717, 1.165) is 24.5 Å². The van der Waals surface area contributed by atoms with Crippen molar-refractivity contribution < 1.29 is 14.7 Å². The number of anilines is 1. The van der Waals surface area contributed by atoms with Gasteiger partial charge in [0.05, 0.1) is 0 Å². The maximum absolute atomic E-state index is 11.6. The minimum absolute atomic E-state index is 0.0577. The number of pyridine rings is 1. The van der Waals surface area contributed by atoms with Crippen LogP contribution < -0.4 is 15.5 Å². The molecule has 0 radical (unpaired) electrons. The molecule has 1 aliphatic rings. The third kappa shape index (κ3) is 6.14. The average molecular weight is 320 g/mol. The lowest BCUT2D eigenvalue weighted by Crippen LogP contribution is -2.35. The topological polar surface area (TPSA) is 94.6 Å². The van der Waals surface area contributed by atoms with Crippen molar-refractivity contribution in [3.8, 4) is 0 Å². The summed E-state index contributed by atoms with van der Waals surface area (Å²) < 4.78 is 0. The van der Waals surface area contributed by atoms with Gasteiger partial charge < -0.3 is 20.6 Å². The maximum Gasteiger partial charge on any atom is 0.315 e. The summed E-state index contributed by atoms with van der Waals surface area (Å²) in [4.78, 5) is 28.7. The molecule has 1 aromatic rings. The molecule has 1 aliphatic heterocycles. The average Bonchev–Trinajstić information content (AvgIpc) is 2.58. The van der Waals surface area contributed by atoms with E-state index in [-0.39, 0.29) is 12.5 Å². The van der Waals surface area contributed by atoms with E-state index in [4.69, 9.17) is 5.11 Å². The van der Waals surface area contributed by atoms with Crippen LogP contribution in [0.1, 0.15) is 37.7 Å². The second-order valence-corrected chi connectivity index (χ2v) is 5.68. The highest BCUT2D eigenvalue weighted by Gasteiger charge is 2.11. The highest BCUT2D eigenvalue weighted by Crippen LogP contribution is 2.17. The van der Waals surface area contributed by atoms with Gasteiger partial charge in [0.2, 0.25) is 0 Å². The zero-order valence-electron chi connectivity index (χ0n) is 13.3. The number of aliphatic carboxylic acids is 1. The van der Waals surface area contributed by atoms with Crippen molar-refractivity contribution in [3.63, 3.8) is 0 Å². The molecule has 2 heterocycles. The van der Waals surface area contributed by atoms with Gasteiger partial charge in [-0.05, 0) is 37.3 Å². The Kier molecular flexibility index (Phi) is 6.65. The summed E-state index contributed by atoms with van der Waals surface area (Å²) in [5.74, 6) is 0.138. The molecule has 1 aromatic heterocycles. The first kappa shape index (κ1) is 17.1. The molecule has 0 aliphatic carbocycles. The number of carbonyl (C=O) groups is 2. The number of carbonyl (C=O) groups excluding carboxylic acids is 1. The van der Waals surface area contributed by atoms with Gasteiger partial charge in [0.15, 0.2) is 0 Å². The fourth-order valence-corrected chi connectivity index (χ4v) is 2.52. The van der Waals surface area contributed by atoms with Crippen molar-refractivity contribution in [1.82, 2.24) is 15.6 Å². The van der Waals surface area contributed by atoms with Crippen LogP contribution in [-0.2, 0) is 11.3 Å². The van der Waals surface area contributed by atoms with E-state index in [1.165, 1.54) is 19.3 Å². The Balaban J connectivity index is 1.69. The van der Waals surface area contributed by atoms with Crippen molar-refractivity contribution >= 4 is 17.8 Å². The number of nitrogens with zero attached hydrogens (tertiary/aromatic N) is 2. The molecule has 7 nitrogen and oxygen atoms in total. The Labute approximate surface area is 136 Å². The van der Waals surface area contributed by atoms with E-state index < -0.39 is 5.97 Å². The summed E-state index contributed by atoms with van der Waals surface area (Å²) in [5.41, 5.74) is 0.937. The monoisotopic (exact) mass is 320 g/mol. The molecule has 0 spiro atoms. The number of carboxylic acid groups (broad SMARTS) is 1. The Bertz CT molecular complexity index is 513. The van der Waals surface area contributed by atoms with Crippen LogP contribution >= 0.6 is 0 Å². The summed E-state index contributed by atoms with van der Waals surface area (Å²) in [6.07, 6.45) is 5.99. The van der Waals surface area contributed by atoms with E-state index in [1.807, 2.05) is 12.1 Å². The third-order valence-electron chi connectivity index (χ3n) is 3.80. The van der Waals surface area contributed by atoms with Gasteiger partial charge in [-0.3, -0.25) is 4.79 Å². The molecule has 1 saturated heterocycles. The van der Waals surface area contributed by atoms with Crippen LogP contribution in [0.2, 0.25) is 0 Å². The lowest BCUT2D eigenvalue weighted by molar-refractivity contribution is -0.137. The lowest BCUT2D eigenvalue weighted by Gasteiger charge is -2.27. The molecular weight excluding hydrogens is 296 g/mol. The van der Waals surface area contributed by atoms with Crippen LogP contribution in [0.4, 0.5) is 10.6 Å². The number of hydrogen-bond donors (Lipinski definition) is 3. The molecule has 0 bridgehead atoms. The van der Waals surface area contributed by atoms with Crippen molar-refractivity contribution in [3.05, 3.63) is 23.9 Å². The van der Waals surface area contributed by atoms with Crippen LogP contribution in [0, 0.1) is 0 Å². The summed E-state index contributed by atoms with van der Waals surface area (Å²) in [5, 5.41) is 13.9. The fraction of sp³-hybridized carbons (Fsp3) is 0.562. The number of amides is 2. The zero-order valence-corrected chi connectivity index (χ0v) is 13.3. The molecule has 23 heavy (non-hydrogen) atoms. The van der Waals surface area contributed by atoms with E-state index in [0.29, 0.717) is 19.5 Å². The van der Waals surface area contributed by atoms with Crippen molar-refractivity contribution in [1.29, 1.82) is 0 Å². The van der Waals surface area contributed by atoms with E-state index in [2.05, 4.69) is 20.5 Å². The smallest absolute Gasteiger partial charge is 0.315 e. The summed E-state index contributed by atoms with van der Waals surface area (Å²) in [6, 6.07) is 3.67. The molecule has 126 valence electrons. The second kappa shape index (κ2) is 8.97. The maximum atomic E-state index is 11.6. The van der Waals surface area contributed by atoms with E-state index >= 15 is 0 Å². The SMILES string of the molecule is O=C(O)CCCNC(=O)NCc1ccc(N2CCCCC2)nc1. The first-order valence-corrected chi connectivity index (χ1v) is 8.08. The summed E-state index contributed by atoms with van der Waals surface area (Å²) in [7, 11) is 0. The third-order valence-corrected chi connectivity index (χ3v) is 3.80. The molecule has 0 saturated carbocycles. The van der Waals surface area contributed by atoms with Crippen LogP contribution in [-0.4, -0.2) is 41.7 Å². The molecule has 3 N–H and O–H groups in total. The first-order chi connectivity index (χ1) is 11.1. The molecule has 0 unspecified atom stereocenters. The van der Waals surface area contributed by atoms with Gasteiger partial charge >= 0.3 is 12.0 Å². The number of rotatable bonds is 7. The zero-order chi connectivity index (χ0) is 16.5. The second-order valence-electron chi connectivity index (χ2n) is 5.68. The van der Waals surface area contributed by atoms with Gasteiger partial charge in [-0.1, -0.05) is 6.07 Å².